The van der Waals surface area contributed by atoms with E-state index in [1.54, 1.807) is 16.8 Å². The molecule has 4 heteroatoms. The maximum Gasteiger partial charge on any atom is 0.215 e. The molecule has 0 bridgehead atoms. The molecule has 0 atom stereocenters. The van der Waals surface area contributed by atoms with Crippen molar-refractivity contribution >= 4 is 5.65 Å². The van der Waals surface area contributed by atoms with Crippen LogP contribution in [0, 0.1) is 0 Å². The van der Waals surface area contributed by atoms with Crippen LogP contribution in [0.15, 0.2) is 48.9 Å². The molecule has 1 N–H and O–H groups in total. The molecule has 2 heterocycles. The lowest BCUT2D eigenvalue weighted by atomic mass is 10.2. The van der Waals surface area contributed by atoms with Crippen LogP contribution in [0.3, 0.4) is 0 Å². The summed E-state index contributed by atoms with van der Waals surface area (Å²) in [5.41, 5.74) is 2.45. The standard InChI is InChI=1S/C12H9N3O/c16-12-7-14-11-6-13-10(8-15(11)12)9-4-2-1-3-5-9/h1-8,16H. The first-order valence-electron chi connectivity index (χ1n) is 4.92. The van der Waals surface area contributed by atoms with E-state index < -0.39 is 0 Å². The Morgan fingerprint density at radius 3 is 2.62 bits per heavy atom. The van der Waals surface area contributed by atoms with Gasteiger partial charge in [0.15, 0.2) is 5.65 Å². The molecule has 78 valence electrons. The second kappa shape index (κ2) is 3.34. The van der Waals surface area contributed by atoms with Crippen molar-refractivity contribution in [2.45, 2.75) is 0 Å². The van der Waals surface area contributed by atoms with Crippen LogP contribution >= 0.6 is 0 Å². The Labute approximate surface area is 91.8 Å². The van der Waals surface area contributed by atoms with Gasteiger partial charge in [0.1, 0.15) is 0 Å². The number of imidazole rings is 1. The van der Waals surface area contributed by atoms with E-state index in [0.29, 0.717) is 5.65 Å². The maximum atomic E-state index is 9.56. The van der Waals surface area contributed by atoms with Crippen molar-refractivity contribution in [1.29, 1.82) is 0 Å². The van der Waals surface area contributed by atoms with E-state index in [2.05, 4.69) is 9.97 Å². The van der Waals surface area contributed by atoms with Crippen LogP contribution in [0.4, 0.5) is 0 Å². The van der Waals surface area contributed by atoms with Crippen molar-refractivity contribution in [3.8, 4) is 17.1 Å². The van der Waals surface area contributed by atoms with Gasteiger partial charge in [0.25, 0.3) is 0 Å². The van der Waals surface area contributed by atoms with Gasteiger partial charge in [-0.25, -0.2) is 4.98 Å². The number of rotatable bonds is 1. The number of hydrogen-bond donors (Lipinski definition) is 1. The van der Waals surface area contributed by atoms with Crippen LogP contribution in [0.5, 0.6) is 5.88 Å². The average molecular weight is 211 g/mol. The van der Waals surface area contributed by atoms with E-state index in [4.69, 9.17) is 0 Å². The van der Waals surface area contributed by atoms with Crippen molar-refractivity contribution in [2.75, 3.05) is 0 Å². The number of aromatic hydroxyl groups is 1. The molecule has 0 aliphatic rings. The molecule has 0 radical (unpaired) electrons. The monoisotopic (exact) mass is 211 g/mol. The summed E-state index contributed by atoms with van der Waals surface area (Å²) in [4.78, 5) is 8.30. The number of hydrogen-bond acceptors (Lipinski definition) is 3. The Morgan fingerprint density at radius 2 is 1.81 bits per heavy atom. The van der Waals surface area contributed by atoms with E-state index in [-0.39, 0.29) is 5.88 Å². The highest BCUT2D eigenvalue weighted by molar-refractivity contribution is 5.59. The van der Waals surface area contributed by atoms with Crippen molar-refractivity contribution in [2.24, 2.45) is 0 Å². The van der Waals surface area contributed by atoms with E-state index in [1.165, 1.54) is 6.20 Å². The van der Waals surface area contributed by atoms with Crippen molar-refractivity contribution in [3.63, 3.8) is 0 Å². The summed E-state index contributed by atoms with van der Waals surface area (Å²) in [6.07, 6.45) is 4.82. The molecule has 0 fully saturated rings. The first-order chi connectivity index (χ1) is 7.84. The van der Waals surface area contributed by atoms with E-state index in [1.807, 2.05) is 30.3 Å². The zero-order chi connectivity index (χ0) is 11.0. The highest BCUT2D eigenvalue weighted by Crippen LogP contribution is 2.19. The van der Waals surface area contributed by atoms with Gasteiger partial charge in [-0.05, 0) is 0 Å². The van der Waals surface area contributed by atoms with Gasteiger partial charge in [-0.15, -0.1) is 0 Å². The third-order valence-electron chi connectivity index (χ3n) is 2.45. The topological polar surface area (TPSA) is 50.4 Å². The van der Waals surface area contributed by atoms with Gasteiger partial charge in [-0.3, -0.25) is 9.38 Å². The van der Waals surface area contributed by atoms with Gasteiger partial charge in [0.05, 0.1) is 18.1 Å². The van der Waals surface area contributed by atoms with Crippen LogP contribution < -0.4 is 0 Å². The van der Waals surface area contributed by atoms with E-state index in [0.717, 1.165) is 11.3 Å². The fourth-order valence-corrected chi connectivity index (χ4v) is 1.63. The predicted octanol–water partition coefficient (Wildman–Crippen LogP) is 2.10. The van der Waals surface area contributed by atoms with Crippen LogP contribution in [0.2, 0.25) is 0 Å². The summed E-state index contributed by atoms with van der Waals surface area (Å²) in [6.45, 7) is 0. The Kier molecular flexibility index (Phi) is 1.86. The van der Waals surface area contributed by atoms with Gasteiger partial charge in [-0.1, -0.05) is 30.3 Å². The Bertz CT molecular complexity index is 631. The van der Waals surface area contributed by atoms with E-state index >= 15 is 0 Å². The fraction of sp³-hybridized carbons (Fsp3) is 0. The zero-order valence-electron chi connectivity index (χ0n) is 8.41. The summed E-state index contributed by atoms with van der Waals surface area (Å²) in [6, 6.07) is 9.81. The van der Waals surface area contributed by atoms with Gasteiger partial charge >= 0.3 is 0 Å². The molecule has 4 nitrogen and oxygen atoms in total. The van der Waals surface area contributed by atoms with Gasteiger partial charge < -0.3 is 5.11 Å². The largest absolute Gasteiger partial charge is 0.493 e. The summed E-state index contributed by atoms with van der Waals surface area (Å²) in [7, 11) is 0. The molecule has 3 aromatic rings. The molecule has 16 heavy (non-hydrogen) atoms. The quantitative estimate of drug-likeness (QED) is 0.670. The average Bonchev–Trinajstić information content (AvgIpc) is 2.72. The number of aromatic nitrogens is 3. The van der Waals surface area contributed by atoms with Gasteiger partial charge in [0, 0.05) is 11.8 Å². The molecule has 0 saturated carbocycles. The van der Waals surface area contributed by atoms with Crippen molar-refractivity contribution in [1.82, 2.24) is 14.4 Å². The normalized spacial score (nSPS) is 10.8. The van der Waals surface area contributed by atoms with Crippen molar-refractivity contribution in [3.05, 3.63) is 48.9 Å². The summed E-state index contributed by atoms with van der Waals surface area (Å²) in [5.74, 6) is 0.120. The maximum absolute atomic E-state index is 9.56. The molecule has 0 unspecified atom stereocenters. The highest BCUT2D eigenvalue weighted by atomic mass is 16.3. The summed E-state index contributed by atoms with van der Waals surface area (Å²) < 4.78 is 1.61. The number of fused-ring (bicyclic) bond motifs is 1. The first kappa shape index (κ1) is 8.91. The Balaban J connectivity index is 2.22. The van der Waals surface area contributed by atoms with Crippen LogP contribution in [-0.2, 0) is 0 Å². The lowest BCUT2D eigenvalue weighted by Gasteiger charge is -2.01. The molecule has 2 aromatic heterocycles. The second-order valence-electron chi connectivity index (χ2n) is 3.48. The lowest BCUT2D eigenvalue weighted by molar-refractivity contribution is 0.448. The third-order valence-corrected chi connectivity index (χ3v) is 2.45. The zero-order valence-corrected chi connectivity index (χ0v) is 8.41. The lowest BCUT2D eigenvalue weighted by Crippen LogP contribution is -1.90. The van der Waals surface area contributed by atoms with Gasteiger partial charge in [-0.2, -0.15) is 0 Å². The number of benzene rings is 1. The SMILES string of the molecule is Oc1cnc2cnc(-c3ccccc3)cn12. The Hall–Kier alpha value is -2.36. The molecule has 0 saturated heterocycles. The minimum absolute atomic E-state index is 0.120. The second-order valence-corrected chi connectivity index (χ2v) is 3.48. The Morgan fingerprint density at radius 1 is 1.00 bits per heavy atom. The third kappa shape index (κ3) is 1.32. The molecule has 3 rings (SSSR count). The molecule has 0 aliphatic carbocycles. The van der Waals surface area contributed by atoms with Crippen LogP contribution in [0.1, 0.15) is 0 Å². The summed E-state index contributed by atoms with van der Waals surface area (Å²) >= 11 is 0. The molecule has 0 aliphatic heterocycles. The number of nitrogens with zero attached hydrogens (tertiary/aromatic N) is 3. The fourth-order valence-electron chi connectivity index (χ4n) is 1.63. The van der Waals surface area contributed by atoms with Crippen molar-refractivity contribution < 1.29 is 5.11 Å². The van der Waals surface area contributed by atoms with Crippen LogP contribution in [-0.4, -0.2) is 19.5 Å². The van der Waals surface area contributed by atoms with Crippen LogP contribution in [0.25, 0.3) is 16.9 Å². The van der Waals surface area contributed by atoms with Gasteiger partial charge in [0.2, 0.25) is 5.88 Å². The predicted molar refractivity (Wildman–Crippen MR) is 60.1 cm³/mol. The molecule has 1 aromatic carbocycles. The first-order valence-corrected chi connectivity index (χ1v) is 4.92. The molecule has 0 spiro atoms. The molecule has 0 amide bonds. The summed E-state index contributed by atoms with van der Waals surface area (Å²) in [5, 5.41) is 9.56. The minimum atomic E-state index is 0.120. The molecular formula is C12H9N3O. The van der Waals surface area contributed by atoms with E-state index in [9.17, 15) is 5.11 Å². The minimum Gasteiger partial charge on any atom is -0.493 e. The molecular weight excluding hydrogens is 202 g/mol. The highest BCUT2D eigenvalue weighted by Gasteiger charge is 2.04. The smallest absolute Gasteiger partial charge is 0.215 e.